The molecule has 92 valence electrons. The third kappa shape index (κ3) is 4.46. The summed E-state index contributed by atoms with van der Waals surface area (Å²) in [6.45, 7) is 3.70. The molecule has 0 aromatic heterocycles. The third-order valence-electron chi connectivity index (χ3n) is 1.98. The Morgan fingerprint density at radius 3 is 2.94 bits per heavy atom. The van der Waals surface area contributed by atoms with E-state index in [4.69, 9.17) is 21.4 Å². The van der Waals surface area contributed by atoms with E-state index in [1.54, 1.807) is 24.3 Å². The van der Waals surface area contributed by atoms with Crippen LogP contribution >= 0.6 is 11.6 Å². The molecular weight excluding hydrogens is 242 g/mol. The number of nitrogens with one attached hydrogen (secondary N) is 1. The molecule has 5 heteroatoms. The monoisotopic (exact) mass is 255 g/mol. The molecule has 0 aliphatic carbocycles. The molecule has 1 rings (SSSR count). The van der Waals surface area contributed by atoms with E-state index in [1.165, 1.54) is 0 Å². The Bertz CT molecular complexity index is 407. The minimum Gasteiger partial charge on any atom is -0.482 e. The number of amides is 1. The molecule has 0 aliphatic rings. The largest absolute Gasteiger partial charge is 0.482 e. The highest BCUT2D eigenvalue weighted by molar-refractivity contribution is 6.32. The van der Waals surface area contributed by atoms with Crippen LogP contribution in [0.1, 0.15) is 5.56 Å². The Morgan fingerprint density at radius 1 is 1.59 bits per heavy atom. The fourth-order valence-corrected chi connectivity index (χ4v) is 1.40. The maximum Gasteiger partial charge on any atom is 0.258 e. The Labute approximate surface area is 105 Å². The first-order valence-corrected chi connectivity index (χ1v) is 5.45. The topological polar surface area (TPSA) is 58.6 Å². The average Bonchev–Trinajstić information content (AvgIpc) is 2.34. The third-order valence-corrected chi connectivity index (χ3v) is 2.28. The number of hydrogen-bond acceptors (Lipinski definition) is 3. The number of ether oxygens (including phenoxy) is 1. The molecule has 0 spiro atoms. The summed E-state index contributed by atoms with van der Waals surface area (Å²) in [5.41, 5.74) is 0.693. The van der Waals surface area contributed by atoms with Gasteiger partial charge in [-0.1, -0.05) is 23.7 Å². The molecule has 0 radical (unpaired) electrons. The zero-order valence-corrected chi connectivity index (χ0v) is 10.0. The smallest absolute Gasteiger partial charge is 0.258 e. The number of aliphatic hydroxyl groups excluding tert-OH is 1. The maximum absolute atomic E-state index is 11.2. The lowest BCUT2D eigenvalue weighted by atomic mass is 10.2. The predicted octanol–water partition coefficient (Wildman–Crippen LogP) is 1.51. The molecule has 1 amide bonds. The van der Waals surface area contributed by atoms with Crippen molar-refractivity contribution in [1.29, 1.82) is 0 Å². The van der Waals surface area contributed by atoms with Gasteiger partial charge < -0.3 is 15.2 Å². The summed E-state index contributed by atoms with van der Waals surface area (Å²) >= 11 is 5.91. The van der Waals surface area contributed by atoms with Gasteiger partial charge in [0, 0.05) is 6.54 Å². The normalized spacial score (nSPS) is 9.76. The van der Waals surface area contributed by atoms with E-state index in [0.29, 0.717) is 22.9 Å². The van der Waals surface area contributed by atoms with E-state index < -0.39 is 0 Å². The van der Waals surface area contributed by atoms with Gasteiger partial charge >= 0.3 is 0 Å². The lowest BCUT2D eigenvalue weighted by molar-refractivity contribution is -0.122. The summed E-state index contributed by atoms with van der Waals surface area (Å²) in [6, 6.07) is 4.90. The molecule has 4 nitrogen and oxygen atoms in total. The van der Waals surface area contributed by atoms with E-state index in [1.807, 2.05) is 0 Å². The molecule has 0 fully saturated rings. The second-order valence-corrected chi connectivity index (χ2v) is 3.71. The molecule has 1 aromatic carbocycles. The Balaban J connectivity index is 2.51. The van der Waals surface area contributed by atoms with Crippen molar-refractivity contribution in [3.63, 3.8) is 0 Å². The van der Waals surface area contributed by atoms with Crippen molar-refractivity contribution in [2.75, 3.05) is 13.2 Å². The average molecular weight is 256 g/mol. The highest BCUT2D eigenvalue weighted by Crippen LogP contribution is 2.25. The number of hydrogen-bond donors (Lipinski definition) is 2. The molecule has 2 N–H and O–H groups in total. The fourth-order valence-electron chi connectivity index (χ4n) is 1.14. The first-order valence-electron chi connectivity index (χ1n) is 5.07. The van der Waals surface area contributed by atoms with Crippen molar-refractivity contribution in [3.05, 3.63) is 41.4 Å². The molecule has 17 heavy (non-hydrogen) atoms. The Hall–Kier alpha value is -1.52. The molecule has 0 aliphatic heterocycles. The second kappa shape index (κ2) is 6.93. The summed E-state index contributed by atoms with van der Waals surface area (Å²) in [5.74, 6) is 0.171. The van der Waals surface area contributed by atoms with Crippen LogP contribution in [0.4, 0.5) is 0 Å². The second-order valence-electron chi connectivity index (χ2n) is 3.30. The van der Waals surface area contributed by atoms with Crippen LogP contribution in [-0.4, -0.2) is 24.2 Å². The van der Waals surface area contributed by atoms with E-state index in [9.17, 15) is 4.79 Å². The summed E-state index contributed by atoms with van der Waals surface area (Å²) < 4.78 is 5.24. The minimum absolute atomic E-state index is 0.0835. The van der Waals surface area contributed by atoms with Crippen molar-refractivity contribution < 1.29 is 14.6 Å². The van der Waals surface area contributed by atoms with Crippen molar-refractivity contribution in [3.8, 4) is 5.75 Å². The molecule has 0 saturated heterocycles. The first-order chi connectivity index (χ1) is 8.17. The van der Waals surface area contributed by atoms with Crippen LogP contribution < -0.4 is 10.1 Å². The van der Waals surface area contributed by atoms with Crippen LogP contribution in [-0.2, 0) is 11.4 Å². The molecule has 1 aromatic rings. The van der Waals surface area contributed by atoms with Gasteiger partial charge in [0.2, 0.25) is 0 Å². The van der Waals surface area contributed by atoms with E-state index in [0.717, 1.165) is 0 Å². The van der Waals surface area contributed by atoms with Gasteiger partial charge in [0.25, 0.3) is 5.91 Å². The van der Waals surface area contributed by atoms with E-state index >= 15 is 0 Å². The van der Waals surface area contributed by atoms with Gasteiger partial charge in [0.1, 0.15) is 5.75 Å². The molecule has 0 heterocycles. The predicted molar refractivity (Wildman–Crippen MR) is 66.1 cm³/mol. The molecular formula is C12H14ClNO3. The van der Waals surface area contributed by atoms with Gasteiger partial charge in [-0.15, -0.1) is 6.58 Å². The van der Waals surface area contributed by atoms with Gasteiger partial charge in [-0.05, 0) is 17.7 Å². The summed E-state index contributed by atoms with van der Waals surface area (Å²) in [7, 11) is 0. The van der Waals surface area contributed by atoms with Crippen LogP contribution in [0, 0.1) is 0 Å². The first kappa shape index (κ1) is 13.5. The van der Waals surface area contributed by atoms with E-state index in [-0.39, 0.29) is 19.1 Å². The zero-order chi connectivity index (χ0) is 12.7. The van der Waals surface area contributed by atoms with Crippen molar-refractivity contribution in [2.45, 2.75) is 6.61 Å². The van der Waals surface area contributed by atoms with Crippen LogP contribution in [0.15, 0.2) is 30.9 Å². The SMILES string of the molecule is C=CCNC(=O)COc1ccc(CO)cc1Cl. The van der Waals surface area contributed by atoms with Crippen LogP contribution in [0.25, 0.3) is 0 Å². The molecule has 0 unspecified atom stereocenters. The lowest BCUT2D eigenvalue weighted by Crippen LogP contribution is -2.28. The van der Waals surface area contributed by atoms with Crippen LogP contribution in [0.3, 0.4) is 0 Å². The van der Waals surface area contributed by atoms with Crippen molar-refractivity contribution in [2.24, 2.45) is 0 Å². The summed E-state index contributed by atoms with van der Waals surface area (Å²) in [4.78, 5) is 11.2. The number of halogens is 1. The fraction of sp³-hybridized carbons (Fsp3) is 0.250. The lowest BCUT2D eigenvalue weighted by Gasteiger charge is -2.08. The number of carbonyl (C=O) groups excluding carboxylic acids is 1. The van der Waals surface area contributed by atoms with Crippen LogP contribution in [0.2, 0.25) is 5.02 Å². The van der Waals surface area contributed by atoms with Gasteiger partial charge in [0.15, 0.2) is 6.61 Å². The van der Waals surface area contributed by atoms with Gasteiger partial charge in [0.05, 0.1) is 11.6 Å². The standard InChI is InChI=1S/C12H14ClNO3/c1-2-5-14-12(16)8-17-11-4-3-9(7-15)6-10(11)13/h2-4,6,15H,1,5,7-8H2,(H,14,16). The quantitative estimate of drug-likeness (QED) is 0.758. The zero-order valence-electron chi connectivity index (χ0n) is 9.28. The highest BCUT2D eigenvalue weighted by Gasteiger charge is 2.05. The minimum atomic E-state index is -0.243. The Kier molecular flexibility index (Phi) is 5.52. The van der Waals surface area contributed by atoms with Crippen molar-refractivity contribution in [1.82, 2.24) is 5.32 Å². The number of rotatable bonds is 6. The van der Waals surface area contributed by atoms with Gasteiger partial charge in [-0.2, -0.15) is 0 Å². The number of carbonyl (C=O) groups is 1. The van der Waals surface area contributed by atoms with Crippen LogP contribution in [0.5, 0.6) is 5.75 Å². The molecule has 0 atom stereocenters. The maximum atomic E-state index is 11.2. The van der Waals surface area contributed by atoms with Crippen molar-refractivity contribution >= 4 is 17.5 Å². The summed E-state index contributed by atoms with van der Waals surface area (Å²) in [6.07, 6.45) is 1.58. The number of aliphatic hydroxyl groups is 1. The molecule has 0 bridgehead atoms. The van der Waals surface area contributed by atoms with Gasteiger partial charge in [-0.3, -0.25) is 4.79 Å². The van der Waals surface area contributed by atoms with Gasteiger partial charge in [-0.25, -0.2) is 0 Å². The Morgan fingerprint density at radius 2 is 2.35 bits per heavy atom. The van der Waals surface area contributed by atoms with E-state index in [2.05, 4.69) is 11.9 Å². The number of benzene rings is 1. The summed E-state index contributed by atoms with van der Waals surface area (Å²) in [5, 5.41) is 11.8. The molecule has 0 saturated carbocycles. The highest BCUT2D eigenvalue weighted by atomic mass is 35.5.